The van der Waals surface area contributed by atoms with E-state index >= 15 is 0 Å². The molecule has 1 N–H and O–H groups in total. The lowest BCUT2D eigenvalue weighted by molar-refractivity contribution is 0.580. The number of aromatic nitrogens is 1. The lowest BCUT2D eigenvalue weighted by atomic mass is 10.2. The standard InChI is InChI=1S/C16H13BrN2O2S2/c17-14-4-1-2-6-16(14)23(20,21)19-10-12-8-13(11-18-9-12)15-5-3-7-22-15/h1-9,11,19H,10H2. The van der Waals surface area contributed by atoms with E-state index in [2.05, 4.69) is 25.6 Å². The maximum absolute atomic E-state index is 12.4. The summed E-state index contributed by atoms with van der Waals surface area (Å²) in [7, 11) is -3.58. The second kappa shape index (κ2) is 6.92. The van der Waals surface area contributed by atoms with E-state index in [1.807, 2.05) is 23.6 Å². The van der Waals surface area contributed by atoms with Crippen LogP contribution >= 0.6 is 27.3 Å². The Morgan fingerprint density at radius 3 is 2.70 bits per heavy atom. The third-order valence-electron chi connectivity index (χ3n) is 3.19. The molecule has 0 saturated heterocycles. The monoisotopic (exact) mass is 408 g/mol. The average Bonchev–Trinajstić information content (AvgIpc) is 3.08. The van der Waals surface area contributed by atoms with Gasteiger partial charge < -0.3 is 0 Å². The summed E-state index contributed by atoms with van der Waals surface area (Å²) in [6, 6.07) is 12.7. The maximum atomic E-state index is 12.4. The number of thiophene rings is 1. The fourth-order valence-corrected chi connectivity index (χ4v) is 4.81. The van der Waals surface area contributed by atoms with Crippen molar-refractivity contribution < 1.29 is 8.42 Å². The van der Waals surface area contributed by atoms with E-state index in [9.17, 15) is 8.42 Å². The van der Waals surface area contributed by atoms with Crippen molar-refractivity contribution in [2.24, 2.45) is 0 Å². The minimum Gasteiger partial charge on any atom is -0.264 e. The van der Waals surface area contributed by atoms with Crippen LogP contribution in [0.4, 0.5) is 0 Å². The molecule has 0 radical (unpaired) electrons. The number of hydrogen-bond acceptors (Lipinski definition) is 4. The maximum Gasteiger partial charge on any atom is 0.241 e. The predicted octanol–water partition coefficient (Wildman–Crippen LogP) is 4.05. The van der Waals surface area contributed by atoms with Gasteiger partial charge in [0.1, 0.15) is 0 Å². The lowest BCUT2D eigenvalue weighted by Crippen LogP contribution is -2.23. The molecule has 0 atom stereocenters. The highest BCUT2D eigenvalue weighted by molar-refractivity contribution is 9.10. The van der Waals surface area contributed by atoms with E-state index in [-0.39, 0.29) is 11.4 Å². The molecule has 3 rings (SSSR count). The van der Waals surface area contributed by atoms with Gasteiger partial charge in [-0.1, -0.05) is 18.2 Å². The highest BCUT2D eigenvalue weighted by Crippen LogP contribution is 2.25. The quantitative estimate of drug-likeness (QED) is 0.692. The van der Waals surface area contributed by atoms with Crippen LogP contribution in [-0.2, 0) is 16.6 Å². The number of pyridine rings is 1. The summed E-state index contributed by atoms with van der Waals surface area (Å²) in [5, 5.41) is 2.00. The molecule has 2 aromatic heterocycles. The third-order valence-corrected chi connectivity index (χ3v) is 6.53. The molecule has 7 heteroatoms. The van der Waals surface area contributed by atoms with Crippen LogP contribution < -0.4 is 4.72 Å². The van der Waals surface area contributed by atoms with Crippen molar-refractivity contribution in [3.63, 3.8) is 0 Å². The minimum absolute atomic E-state index is 0.190. The van der Waals surface area contributed by atoms with Gasteiger partial charge in [-0.05, 0) is 51.1 Å². The highest BCUT2D eigenvalue weighted by Gasteiger charge is 2.16. The molecule has 0 aliphatic rings. The van der Waals surface area contributed by atoms with Crippen LogP contribution in [0.25, 0.3) is 10.4 Å². The molecule has 3 aromatic rings. The van der Waals surface area contributed by atoms with Gasteiger partial charge in [0.2, 0.25) is 10.0 Å². The van der Waals surface area contributed by atoms with E-state index in [1.54, 1.807) is 48.0 Å². The van der Waals surface area contributed by atoms with Crippen molar-refractivity contribution in [1.29, 1.82) is 0 Å². The SMILES string of the molecule is O=S(=O)(NCc1cncc(-c2cccs2)c1)c1ccccc1Br. The Morgan fingerprint density at radius 2 is 1.96 bits per heavy atom. The Balaban J connectivity index is 1.78. The number of hydrogen-bond donors (Lipinski definition) is 1. The van der Waals surface area contributed by atoms with Gasteiger partial charge in [0.25, 0.3) is 0 Å². The van der Waals surface area contributed by atoms with Crippen LogP contribution in [-0.4, -0.2) is 13.4 Å². The highest BCUT2D eigenvalue weighted by atomic mass is 79.9. The van der Waals surface area contributed by atoms with Crippen molar-refractivity contribution in [3.8, 4) is 10.4 Å². The van der Waals surface area contributed by atoms with Crippen LogP contribution in [0.5, 0.6) is 0 Å². The number of sulfonamides is 1. The summed E-state index contributed by atoms with van der Waals surface area (Å²) in [6.45, 7) is 0.190. The molecule has 0 aliphatic carbocycles. The summed E-state index contributed by atoms with van der Waals surface area (Å²) in [4.78, 5) is 5.52. The van der Waals surface area contributed by atoms with Gasteiger partial charge in [0.05, 0.1) is 4.90 Å². The molecular formula is C16H13BrN2O2S2. The molecule has 0 bridgehead atoms. The van der Waals surface area contributed by atoms with E-state index in [0.717, 1.165) is 16.0 Å². The molecule has 0 amide bonds. The number of rotatable bonds is 5. The van der Waals surface area contributed by atoms with Gasteiger partial charge >= 0.3 is 0 Å². The van der Waals surface area contributed by atoms with E-state index in [0.29, 0.717) is 4.47 Å². The van der Waals surface area contributed by atoms with Crippen molar-refractivity contribution in [1.82, 2.24) is 9.71 Å². The Labute approximate surface area is 147 Å². The zero-order chi connectivity index (χ0) is 16.3. The molecule has 0 saturated carbocycles. The second-order valence-electron chi connectivity index (χ2n) is 4.81. The van der Waals surface area contributed by atoms with E-state index < -0.39 is 10.0 Å². The van der Waals surface area contributed by atoms with Crippen LogP contribution in [0.15, 0.2) is 69.6 Å². The van der Waals surface area contributed by atoms with Gasteiger partial charge in [-0.2, -0.15) is 0 Å². The van der Waals surface area contributed by atoms with Crippen LogP contribution in [0.2, 0.25) is 0 Å². The van der Waals surface area contributed by atoms with Crippen molar-refractivity contribution >= 4 is 37.3 Å². The topological polar surface area (TPSA) is 59.1 Å². The smallest absolute Gasteiger partial charge is 0.241 e. The molecule has 23 heavy (non-hydrogen) atoms. The summed E-state index contributed by atoms with van der Waals surface area (Å²) in [5.74, 6) is 0. The Bertz CT molecular complexity index is 909. The first-order valence-electron chi connectivity index (χ1n) is 6.78. The molecule has 4 nitrogen and oxygen atoms in total. The summed E-state index contributed by atoms with van der Waals surface area (Å²) < 4.78 is 27.9. The van der Waals surface area contributed by atoms with Gasteiger partial charge in [0.15, 0.2) is 0 Å². The van der Waals surface area contributed by atoms with Crippen molar-refractivity contribution in [3.05, 3.63) is 70.3 Å². The molecule has 0 aliphatic heterocycles. The predicted molar refractivity (Wildman–Crippen MR) is 95.7 cm³/mol. The molecular weight excluding hydrogens is 396 g/mol. The lowest BCUT2D eigenvalue weighted by Gasteiger charge is -2.09. The summed E-state index contributed by atoms with van der Waals surface area (Å²) in [5.41, 5.74) is 1.80. The zero-order valence-corrected chi connectivity index (χ0v) is 15.2. The fourth-order valence-electron chi connectivity index (χ4n) is 2.08. The fraction of sp³-hybridized carbons (Fsp3) is 0.0625. The number of benzene rings is 1. The van der Waals surface area contributed by atoms with Gasteiger partial charge in [-0.3, -0.25) is 4.98 Å². The van der Waals surface area contributed by atoms with Crippen molar-refractivity contribution in [2.75, 3.05) is 0 Å². The third kappa shape index (κ3) is 3.87. The van der Waals surface area contributed by atoms with Crippen molar-refractivity contribution in [2.45, 2.75) is 11.4 Å². The molecule has 0 fully saturated rings. The molecule has 2 heterocycles. The van der Waals surface area contributed by atoms with Gasteiger partial charge in [0, 0.05) is 33.9 Å². The van der Waals surface area contributed by atoms with Gasteiger partial charge in [-0.25, -0.2) is 13.1 Å². The largest absolute Gasteiger partial charge is 0.264 e. The van der Waals surface area contributed by atoms with Crippen LogP contribution in [0.3, 0.4) is 0 Å². The first kappa shape index (κ1) is 16.3. The summed E-state index contributed by atoms with van der Waals surface area (Å²) >= 11 is 4.89. The Morgan fingerprint density at radius 1 is 1.13 bits per heavy atom. The molecule has 1 aromatic carbocycles. The average molecular weight is 409 g/mol. The number of nitrogens with zero attached hydrogens (tertiary/aromatic N) is 1. The van der Waals surface area contributed by atoms with Crippen LogP contribution in [0.1, 0.15) is 5.56 Å². The van der Waals surface area contributed by atoms with E-state index in [4.69, 9.17) is 0 Å². The second-order valence-corrected chi connectivity index (χ2v) is 8.35. The summed E-state index contributed by atoms with van der Waals surface area (Å²) in [6.07, 6.45) is 3.44. The number of nitrogens with one attached hydrogen (secondary N) is 1. The van der Waals surface area contributed by atoms with Gasteiger partial charge in [-0.15, -0.1) is 11.3 Å². The first-order valence-corrected chi connectivity index (χ1v) is 9.94. The molecule has 0 spiro atoms. The first-order chi connectivity index (χ1) is 11.1. The van der Waals surface area contributed by atoms with Crippen LogP contribution in [0, 0.1) is 0 Å². The Kier molecular flexibility index (Phi) is 4.91. The van der Waals surface area contributed by atoms with E-state index in [1.165, 1.54) is 0 Å². The minimum atomic E-state index is -3.58. The molecule has 0 unspecified atom stereocenters. The number of halogens is 1. The normalized spacial score (nSPS) is 11.5. The zero-order valence-electron chi connectivity index (χ0n) is 11.9. The Hall–Kier alpha value is -1.54. The molecule has 118 valence electrons.